The maximum absolute atomic E-state index is 14.1. The Kier molecular flexibility index (Phi) is 5.44. The highest BCUT2D eigenvalue weighted by atomic mass is 35.5. The highest BCUT2D eigenvalue weighted by Gasteiger charge is 2.27. The van der Waals surface area contributed by atoms with E-state index in [0.29, 0.717) is 39.9 Å². The monoisotopic (exact) mass is 418 g/mol. The van der Waals surface area contributed by atoms with Crippen molar-refractivity contribution in [3.63, 3.8) is 0 Å². The predicted octanol–water partition coefficient (Wildman–Crippen LogP) is 5.13. The Hall–Kier alpha value is -2.28. The summed E-state index contributed by atoms with van der Waals surface area (Å²) in [5, 5.41) is 0.496. The second-order valence-electron chi connectivity index (χ2n) is 6.60. The van der Waals surface area contributed by atoms with Gasteiger partial charge < -0.3 is 4.74 Å². The molecule has 1 fully saturated rings. The molecule has 0 unspecified atom stereocenters. The van der Waals surface area contributed by atoms with E-state index in [4.69, 9.17) is 28.1 Å². The number of hydrogen-bond donors (Lipinski definition) is 1. The Labute approximate surface area is 172 Å². The molecule has 2 aromatic carbocycles. The van der Waals surface area contributed by atoms with E-state index in [1.807, 2.05) is 12.1 Å². The van der Waals surface area contributed by atoms with Gasteiger partial charge in [0.25, 0.3) is 0 Å². The van der Waals surface area contributed by atoms with Crippen LogP contribution < -0.4 is 9.57 Å². The molecule has 1 N–H and O–H groups in total. The molecule has 0 saturated heterocycles. The number of ether oxygens (including phenoxy) is 1. The topological polar surface area (TPSA) is 59.9 Å². The first-order valence-electron chi connectivity index (χ1n) is 8.81. The molecule has 1 heterocycles. The zero-order chi connectivity index (χ0) is 19.7. The number of nitrogens with zero attached hydrogens (tertiary/aromatic N) is 3. The average molecular weight is 419 g/mol. The molecule has 0 amide bonds. The minimum atomic E-state index is -0.197. The fourth-order valence-electron chi connectivity index (χ4n) is 3.02. The summed E-state index contributed by atoms with van der Waals surface area (Å²) in [4.78, 5) is 15.8. The van der Waals surface area contributed by atoms with Crippen LogP contribution in [-0.4, -0.2) is 22.1 Å². The first kappa shape index (κ1) is 19.1. The van der Waals surface area contributed by atoms with Gasteiger partial charge in [-0.3, -0.25) is 0 Å². The van der Waals surface area contributed by atoms with Gasteiger partial charge in [0.1, 0.15) is 5.82 Å². The summed E-state index contributed by atoms with van der Waals surface area (Å²) < 4.78 is 19.4. The molecule has 144 valence electrons. The normalized spacial score (nSPS) is 13.6. The Bertz CT molecular complexity index is 1030. The molecule has 1 aromatic heterocycles. The second-order valence-corrected chi connectivity index (χ2v) is 7.28. The van der Waals surface area contributed by atoms with Crippen LogP contribution in [0.1, 0.15) is 29.9 Å². The molecule has 0 radical (unpaired) electrons. The number of benzene rings is 2. The number of nitrogens with one attached hydrogen (secondary N) is 1. The van der Waals surface area contributed by atoms with Gasteiger partial charge in [-0.15, -0.1) is 0 Å². The van der Waals surface area contributed by atoms with Crippen LogP contribution in [0.25, 0.3) is 22.8 Å². The summed E-state index contributed by atoms with van der Waals surface area (Å²) in [6, 6.07) is 10.6. The van der Waals surface area contributed by atoms with E-state index in [0.717, 1.165) is 18.4 Å². The molecule has 0 aliphatic heterocycles. The van der Waals surface area contributed by atoms with E-state index in [1.54, 1.807) is 18.2 Å². The van der Waals surface area contributed by atoms with Crippen LogP contribution in [0.5, 0.6) is 6.01 Å². The summed E-state index contributed by atoms with van der Waals surface area (Å²) in [6.07, 6.45) is 2.01. The molecular formula is C20H17Cl2FN4O. The van der Waals surface area contributed by atoms with E-state index in [2.05, 4.69) is 19.8 Å². The molecule has 1 saturated carbocycles. The molecule has 0 atom stereocenters. The van der Waals surface area contributed by atoms with Gasteiger partial charge >= 0.3 is 6.01 Å². The van der Waals surface area contributed by atoms with E-state index in [1.165, 1.54) is 13.2 Å². The van der Waals surface area contributed by atoms with Crippen molar-refractivity contribution >= 4 is 23.4 Å². The van der Waals surface area contributed by atoms with E-state index in [-0.39, 0.29) is 17.7 Å². The molecular weight excluding hydrogens is 402 g/mol. The quantitative estimate of drug-likeness (QED) is 0.562. The molecule has 0 bridgehead atoms. The van der Waals surface area contributed by atoms with Crippen LogP contribution >= 0.6 is 23.4 Å². The summed E-state index contributed by atoms with van der Waals surface area (Å²) in [5.41, 5.74) is 2.97. The lowest BCUT2D eigenvalue weighted by Gasteiger charge is -2.10. The van der Waals surface area contributed by atoms with Gasteiger partial charge in [-0.1, -0.05) is 17.7 Å². The first-order chi connectivity index (χ1) is 13.6. The summed E-state index contributed by atoms with van der Waals surface area (Å²) >= 11 is 12.0. The van der Waals surface area contributed by atoms with E-state index in [9.17, 15) is 4.39 Å². The van der Waals surface area contributed by atoms with Crippen molar-refractivity contribution in [3.05, 3.63) is 58.4 Å². The van der Waals surface area contributed by atoms with Crippen LogP contribution in [0.3, 0.4) is 0 Å². The molecule has 0 spiro atoms. The van der Waals surface area contributed by atoms with Gasteiger partial charge in [-0.2, -0.15) is 9.97 Å². The summed E-state index contributed by atoms with van der Waals surface area (Å²) in [6.45, 7) is 0.462. The third-order valence-electron chi connectivity index (χ3n) is 4.61. The van der Waals surface area contributed by atoms with Crippen molar-refractivity contribution in [1.29, 1.82) is 0 Å². The van der Waals surface area contributed by atoms with Crippen molar-refractivity contribution in [2.24, 2.45) is 0 Å². The zero-order valence-corrected chi connectivity index (χ0v) is 16.6. The molecule has 1 aliphatic rings. The minimum Gasteiger partial charge on any atom is -0.467 e. The molecule has 1 aliphatic carbocycles. The number of hydrogen-bond acceptors (Lipinski definition) is 5. The van der Waals surface area contributed by atoms with Crippen molar-refractivity contribution in [1.82, 2.24) is 19.8 Å². The highest BCUT2D eigenvalue weighted by Crippen LogP contribution is 2.42. The number of aromatic nitrogens is 3. The second kappa shape index (κ2) is 7.99. The van der Waals surface area contributed by atoms with Gasteiger partial charge in [0, 0.05) is 17.7 Å². The zero-order valence-electron chi connectivity index (χ0n) is 15.0. The van der Waals surface area contributed by atoms with Crippen molar-refractivity contribution in [3.8, 4) is 28.8 Å². The smallest absolute Gasteiger partial charge is 0.320 e. The lowest BCUT2D eigenvalue weighted by atomic mass is 10.1. The lowest BCUT2D eigenvalue weighted by Crippen LogP contribution is -2.03. The average Bonchev–Trinajstić information content (AvgIpc) is 3.55. The van der Waals surface area contributed by atoms with Crippen molar-refractivity contribution in [2.45, 2.75) is 25.3 Å². The third-order valence-corrected chi connectivity index (χ3v) is 5.07. The van der Waals surface area contributed by atoms with Crippen LogP contribution in [-0.2, 0) is 6.54 Å². The Morgan fingerprint density at radius 3 is 2.61 bits per heavy atom. The van der Waals surface area contributed by atoms with Crippen LogP contribution in [0.15, 0.2) is 36.4 Å². The molecule has 5 nitrogen and oxygen atoms in total. The van der Waals surface area contributed by atoms with Gasteiger partial charge in [-0.25, -0.2) is 14.2 Å². The minimum absolute atomic E-state index is 0.161. The number of rotatable bonds is 6. The van der Waals surface area contributed by atoms with Crippen LogP contribution in [0.2, 0.25) is 5.02 Å². The molecule has 28 heavy (non-hydrogen) atoms. The van der Waals surface area contributed by atoms with Gasteiger partial charge in [-0.05, 0) is 72.0 Å². The number of methoxy groups -OCH3 is 1. The molecule has 3 aromatic rings. The van der Waals surface area contributed by atoms with E-state index < -0.39 is 0 Å². The molecule has 8 heteroatoms. The standard InChI is InChI=1S/C20H17Cl2FN4O/c1-28-20-26-18(13-5-7-17(23)14(9-13)12-3-4-12)25-19(27-20)15-8-11(10-24-22)2-6-16(15)21/h2,5-9,12,24H,3-4,10H2,1H3. The summed E-state index contributed by atoms with van der Waals surface area (Å²) in [5.74, 6) is 0.857. The Morgan fingerprint density at radius 1 is 1.11 bits per heavy atom. The predicted molar refractivity (Wildman–Crippen MR) is 107 cm³/mol. The maximum atomic E-state index is 14.1. The molecule has 4 rings (SSSR count). The summed E-state index contributed by atoms with van der Waals surface area (Å²) in [7, 11) is 1.48. The lowest BCUT2D eigenvalue weighted by molar-refractivity contribution is 0.379. The van der Waals surface area contributed by atoms with Crippen molar-refractivity contribution in [2.75, 3.05) is 7.11 Å². The largest absolute Gasteiger partial charge is 0.467 e. The fourth-order valence-corrected chi connectivity index (χ4v) is 3.37. The van der Waals surface area contributed by atoms with Gasteiger partial charge in [0.2, 0.25) is 0 Å². The van der Waals surface area contributed by atoms with E-state index >= 15 is 0 Å². The van der Waals surface area contributed by atoms with Gasteiger partial charge in [0.05, 0.1) is 12.1 Å². The van der Waals surface area contributed by atoms with Crippen LogP contribution in [0.4, 0.5) is 4.39 Å². The Balaban J connectivity index is 1.81. The Morgan fingerprint density at radius 2 is 1.89 bits per heavy atom. The maximum Gasteiger partial charge on any atom is 0.320 e. The highest BCUT2D eigenvalue weighted by molar-refractivity contribution is 6.33. The van der Waals surface area contributed by atoms with Gasteiger partial charge in [0.15, 0.2) is 11.6 Å². The van der Waals surface area contributed by atoms with Crippen LogP contribution in [0, 0.1) is 5.82 Å². The first-order valence-corrected chi connectivity index (χ1v) is 9.57. The SMILES string of the molecule is COc1nc(-c2ccc(F)c(C3CC3)c2)nc(-c2cc(CNCl)ccc2Cl)n1. The van der Waals surface area contributed by atoms with Crippen molar-refractivity contribution < 1.29 is 9.13 Å². The fraction of sp³-hybridized carbons (Fsp3) is 0.250. The third kappa shape index (κ3) is 3.94. The number of halogens is 3.